The quantitative estimate of drug-likeness (QED) is 0.565. The molecule has 0 saturated heterocycles. The van der Waals surface area contributed by atoms with Crippen molar-refractivity contribution in [3.05, 3.63) is 83.1 Å². The number of halogens is 3. The first-order chi connectivity index (χ1) is 9.07. The smallest absolute Gasteiger partial charge is 0.597 e. The summed E-state index contributed by atoms with van der Waals surface area (Å²) in [6.07, 6.45) is 3.54. The van der Waals surface area contributed by atoms with E-state index in [0.29, 0.717) is 11.3 Å². The van der Waals surface area contributed by atoms with Crippen LogP contribution in [0.15, 0.2) is 77.7 Å². The third-order valence-electron chi connectivity index (χ3n) is 2.40. The second kappa shape index (κ2) is 7.12. The summed E-state index contributed by atoms with van der Waals surface area (Å²) in [6.45, 7) is 0. The number of rotatable bonds is 0. The van der Waals surface area contributed by atoms with Crippen LogP contribution < -0.4 is 5.43 Å². The molecule has 1 aromatic rings. The number of hydrogen-bond acceptors (Lipinski definition) is 1. The molecule has 0 unspecified atom stereocenters. The molecule has 0 saturated carbocycles. The van der Waals surface area contributed by atoms with Crippen LogP contribution in [0.1, 0.15) is 0 Å². The fourth-order valence-corrected chi connectivity index (χ4v) is 1.48. The van der Waals surface area contributed by atoms with Gasteiger partial charge in [0.25, 0.3) is 0 Å². The van der Waals surface area contributed by atoms with E-state index in [1.807, 2.05) is 35.8 Å². The van der Waals surface area contributed by atoms with Gasteiger partial charge in [0.05, 0.1) is 0 Å². The normalized spacial score (nSPS) is 15.8. The molecule has 20 heavy (non-hydrogen) atoms. The van der Waals surface area contributed by atoms with Crippen LogP contribution in [0.3, 0.4) is 0 Å². The molecule has 0 fully saturated rings. The van der Waals surface area contributed by atoms with E-state index in [0.717, 1.165) is 6.08 Å². The van der Waals surface area contributed by atoms with Crippen molar-refractivity contribution in [3.63, 3.8) is 0 Å². The first-order valence-electron chi connectivity index (χ1n) is 5.59. The van der Waals surface area contributed by atoms with Gasteiger partial charge in [-0.2, -0.15) is 31.4 Å². The Bertz CT molecular complexity index is 506. The molecule has 0 bridgehead atoms. The minimum absolute atomic E-state index is 0. The number of alkyl halides is 3. The first kappa shape index (κ1) is 16.3. The van der Waals surface area contributed by atoms with Gasteiger partial charge in [-0.15, -0.1) is 5.70 Å². The molecule has 1 aliphatic heterocycles. The minimum atomic E-state index is -4.36. The van der Waals surface area contributed by atoms with Crippen molar-refractivity contribution < 1.29 is 30.2 Å². The maximum Gasteiger partial charge on any atom is 2.00 e. The number of hydrogen-bond donors (Lipinski definition) is 1. The molecule has 0 aromatic heterocycles. The number of nitrogens with one attached hydrogen (secondary N) is 1. The standard InChI is InChI=1S/C9H6F3N2.C5H5.Fe/c10-9(11,12)8-5-7(13-14-8)6-3-1-2-4-6;1-2-4-5-3-1;/h1-5,14H;1-5H;/q2*-1;+2. The maximum absolute atomic E-state index is 12.2. The van der Waals surface area contributed by atoms with Gasteiger partial charge in [0.15, 0.2) is 0 Å². The molecule has 0 atom stereocenters. The van der Waals surface area contributed by atoms with Crippen molar-refractivity contribution in [2.75, 3.05) is 0 Å². The molecule has 106 valence electrons. The minimum Gasteiger partial charge on any atom is -0.597 e. The molecule has 1 aliphatic carbocycles. The van der Waals surface area contributed by atoms with Crippen LogP contribution in [0.25, 0.3) is 5.43 Å². The second-order valence-electron chi connectivity index (χ2n) is 3.80. The second-order valence-corrected chi connectivity index (χ2v) is 3.80. The molecule has 1 heterocycles. The van der Waals surface area contributed by atoms with Gasteiger partial charge >= 0.3 is 23.2 Å². The van der Waals surface area contributed by atoms with E-state index in [2.05, 4.69) is 5.43 Å². The zero-order valence-electron chi connectivity index (χ0n) is 10.2. The van der Waals surface area contributed by atoms with E-state index in [-0.39, 0.29) is 17.1 Å². The van der Waals surface area contributed by atoms with Crippen molar-refractivity contribution in [2.45, 2.75) is 6.18 Å². The Morgan fingerprint density at radius 1 is 1.05 bits per heavy atom. The predicted octanol–water partition coefficient (Wildman–Crippen LogP) is 4.11. The average Bonchev–Trinajstić information content (AvgIpc) is 3.13. The summed E-state index contributed by atoms with van der Waals surface area (Å²) < 4.78 is 36.5. The largest absolute Gasteiger partial charge is 2.00 e. The Morgan fingerprint density at radius 3 is 2.05 bits per heavy atom. The summed E-state index contributed by atoms with van der Waals surface area (Å²) in [6, 6.07) is 10.0. The Hall–Kier alpha value is -1.78. The fraction of sp³-hybridized carbons (Fsp3) is 0.0714. The molecule has 2 aliphatic rings. The van der Waals surface area contributed by atoms with Crippen molar-refractivity contribution in [2.24, 2.45) is 0 Å². The summed E-state index contributed by atoms with van der Waals surface area (Å²) in [5.41, 5.74) is 5.70. The molecule has 1 N–H and O–H groups in total. The van der Waals surface area contributed by atoms with Crippen molar-refractivity contribution in [1.29, 1.82) is 0 Å². The Morgan fingerprint density at radius 2 is 1.65 bits per heavy atom. The summed E-state index contributed by atoms with van der Waals surface area (Å²) in [4.78, 5) is 0. The van der Waals surface area contributed by atoms with Gasteiger partial charge in [0, 0.05) is 0 Å². The van der Waals surface area contributed by atoms with Gasteiger partial charge in [0.2, 0.25) is 0 Å². The summed E-state index contributed by atoms with van der Waals surface area (Å²) in [7, 11) is 0. The summed E-state index contributed by atoms with van der Waals surface area (Å²) >= 11 is 0. The first-order valence-corrected chi connectivity index (χ1v) is 5.59. The summed E-state index contributed by atoms with van der Waals surface area (Å²) in [5, 5.41) is 0. The fourth-order valence-electron chi connectivity index (χ4n) is 1.48. The van der Waals surface area contributed by atoms with Gasteiger partial charge in [0.1, 0.15) is 5.70 Å². The van der Waals surface area contributed by atoms with Crippen LogP contribution in [-0.4, -0.2) is 6.18 Å². The molecule has 0 amide bonds. The maximum atomic E-state index is 12.2. The third kappa shape index (κ3) is 4.40. The van der Waals surface area contributed by atoms with Crippen LogP contribution in [-0.2, 0) is 17.1 Å². The average molecular weight is 320 g/mol. The zero-order chi connectivity index (χ0) is 13.7. The van der Waals surface area contributed by atoms with Crippen molar-refractivity contribution >= 4 is 0 Å². The van der Waals surface area contributed by atoms with Crippen molar-refractivity contribution in [3.8, 4) is 0 Å². The Labute approximate surface area is 125 Å². The van der Waals surface area contributed by atoms with Crippen LogP contribution in [0, 0.1) is 0 Å². The van der Waals surface area contributed by atoms with Crippen molar-refractivity contribution in [1.82, 2.24) is 5.43 Å². The number of nitrogens with zero attached hydrogens (tertiary/aromatic N) is 1. The monoisotopic (exact) mass is 320 g/mol. The van der Waals surface area contributed by atoms with Gasteiger partial charge in [-0.3, -0.25) is 0 Å². The van der Waals surface area contributed by atoms with E-state index in [4.69, 9.17) is 0 Å². The third-order valence-corrected chi connectivity index (χ3v) is 2.40. The molecule has 0 spiro atoms. The van der Waals surface area contributed by atoms with Crippen LogP contribution in [0.4, 0.5) is 13.2 Å². The van der Waals surface area contributed by atoms with Gasteiger partial charge in [-0.25, -0.2) is 12.1 Å². The molecular weight excluding hydrogens is 309 g/mol. The molecule has 2 nitrogen and oxygen atoms in total. The molecule has 0 radical (unpaired) electrons. The molecule has 1 aromatic carbocycles. The van der Waals surface area contributed by atoms with E-state index in [1.54, 1.807) is 24.3 Å². The van der Waals surface area contributed by atoms with E-state index < -0.39 is 11.9 Å². The number of allylic oxidation sites excluding steroid dienone is 7. The Kier molecular flexibility index (Phi) is 5.80. The van der Waals surface area contributed by atoms with Gasteiger partial charge in [-0.1, -0.05) is 24.3 Å². The SMILES string of the molecule is FC(F)(F)C1=CC(=C2C=CC=C2)[N-]N1.[Fe+2].c1cc[cH-]c1. The topological polar surface area (TPSA) is 26.1 Å². The molecular formula is C14H11F3FeN2. The zero-order valence-corrected chi connectivity index (χ0v) is 11.3. The van der Waals surface area contributed by atoms with Crippen LogP contribution in [0.2, 0.25) is 0 Å². The summed E-state index contributed by atoms with van der Waals surface area (Å²) in [5.74, 6) is 0. The predicted molar refractivity (Wildman–Crippen MR) is 68.0 cm³/mol. The van der Waals surface area contributed by atoms with E-state index in [1.165, 1.54) is 0 Å². The van der Waals surface area contributed by atoms with Gasteiger partial charge < -0.3 is 10.9 Å². The van der Waals surface area contributed by atoms with Crippen LogP contribution >= 0.6 is 0 Å². The van der Waals surface area contributed by atoms with E-state index >= 15 is 0 Å². The molecule has 6 heteroatoms. The Balaban J connectivity index is 0.000000283. The van der Waals surface area contributed by atoms with Crippen LogP contribution in [0.5, 0.6) is 0 Å². The van der Waals surface area contributed by atoms with E-state index in [9.17, 15) is 13.2 Å². The van der Waals surface area contributed by atoms with Gasteiger partial charge in [-0.05, 0) is 11.6 Å². The molecule has 3 rings (SSSR count).